The first kappa shape index (κ1) is 21.6. The molecule has 2 aromatic rings. The van der Waals surface area contributed by atoms with Gasteiger partial charge in [0.2, 0.25) is 10.0 Å². The van der Waals surface area contributed by atoms with Crippen LogP contribution in [0, 0.1) is 5.92 Å². The third-order valence-electron chi connectivity index (χ3n) is 4.71. The van der Waals surface area contributed by atoms with Crippen molar-refractivity contribution in [1.82, 2.24) is 4.31 Å². The van der Waals surface area contributed by atoms with Crippen LogP contribution in [0.1, 0.15) is 0 Å². The zero-order valence-electron chi connectivity index (χ0n) is 16.6. The van der Waals surface area contributed by atoms with E-state index in [-0.39, 0.29) is 9.79 Å². The van der Waals surface area contributed by atoms with Crippen molar-refractivity contribution in [2.75, 3.05) is 50.5 Å². The minimum absolute atomic E-state index is 0.0138. The number of nitrogens with zero attached hydrogens (tertiary/aromatic N) is 2. The molecule has 1 heterocycles. The Bertz CT molecular complexity index is 1060. The minimum Gasteiger partial charge on any atom is -0.381 e. The van der Waals surface area contributed by atoms with Gasteiger partial charge in [-0.1, -0.05) is 12.1 Å². The van der Waals surface area contributed by atoms with Crippen molar-refractivity contribution < 1.29 is 21.6 Å². The zero-order valence-corrected chi connectivity index (χ0v) is 18.2. The summed E-state index contributed by atoms with van der Waals surface area (Å²) in [6.45, 7) is 2.18. The standard InChI is InChI=1S/C19H25N3O5S2/c1-21(2)29(25,26)17-10-8-16(9-11-17)28(23,24)20-18-6-4-5-7-19(18)22(3)12-15-13-27-14-15/h4-11,15,20H,12-14H2,1-3H3. The fourth-order valence-electron chi connectivity index (χ4n) is 2.97. The van der Waals surface area contributed by atoms with Crippen molar-refractivity contribution in [3.63, 3.8) is 0 Å². The molecule has 0 bridgehead atoms. The summed E-state index contributed by atoms with van der Waals surface area (Å²) in [7, 11) is -2.75. The summed E-state index contributed by atoms with van der Waals surface area (Å²) in [5.74, 6) is 0.427. The molecular weight excluding hydrogens is 414 g/mol. The predicted molar refractivity (Wildman–Crippen MR) is 112 cm³/mol. The Hall–Kier alpha value is -2.14. The Labute approximate surface area is 172 Å². The fraction of sp³-hybridized carbons (Fsp3) is 0.368. The Morgan fingerprint density at radius 2 is 1.52 bits per heavy atom. The van der Waals surface area contributed by atoms with Gasteiger partial charge >= 0.3 is 0 Å². The number of hydrogen-bond donors (Lipinski definition) is 1. The van der Waals surface area contributed by atoms with Gasteiger partial charge in [-0.25, -0.2) is 21.1 Å². The van der Waals surface area contributed by atoms with E-state index in [2.05, 4.69) is 4.72 Å². The second kappa shape index (κ2) is 8.31. The lowest BCUT2D eigenvalue weighted by Crippen LogP contribution is -2.38. The Balaban J connectivity index is 1.83. The molecule has 3 rings (SSSR count). The summed E-state index contributed by atoms with van der Waals surface area (Å²) in [4.78, 5) is 2.02. The van der Waals surface area contributed by atoms with Gasteiger partial charge in [0, 0.05) is 33.6 Å². The molecule has 10 heteroatoms. The molecule has 1 N–H and O–H groups in total. The van der Waals surface area contributed by atoms with E-state index in [1.807, 2.05) is 24.1 Å². The van der Waals surface area contributed by atoms with E-state index >= 15 is 0 Å². The Morgan fingerprint density at radius 1 is 0.931 bits per heavy atom. The second-order valence-corrected chi connectivity index (χ2v) is 11.0. The second-order valence-electron chi connectivity index (χ2n) is 7.17. The molecule has 1 aliphatic rings. The lowest BCUT2D eigenvalue weighted by molar-refractivity contribution is -0.0272. The lowest BCUT2D eigenvalue weighted by atomic mass is 10.1. The fourth-order valence-corrected chi connectivity index (χ4v) is 4.95. The molecule has 0 aromatic heterocycles. The zero-order chi connectivity index (χ0) is 21.2. The van der Waals surface area contributed by atoms with E-state index < -0.39 is 20.0 Å². The minimum atomic E-state index is -3.88. The van der Waals surface area contributed by atoms with Gasteiger partial charge < -0.3 is 9.64 Å². The Kier molecular flexibility index (Phi) is 6.18. The van der Waals surface area contributed by atoms with Gasteiger partial charge in [0.05, 0.1) is 34.4 Å². The van der Waals surface area contributed by atoms with Gasteiger partial charge in [-0.05, 0) is 36.4 Å². The van der Waals surface area contributed by atoms with Crippen LogP contribution >= 0.6 is 0 Å². The van der Waals surface area contributed by atoms with Crippen LogP contribution in [-0.2, 0) is 24.8 Å². The molecule has 0 unspecified atom stereocenters. The average Bonchev–Trinajstić information content (AvgIpc) is 2.64. The van der Waals surface area contributed by atoms with E-state index in [4.69, 9.17) is 4.74 Å². The maximum Gasteiger partial charge on any atom is 0.261 e. The number of benzene rings is 2. The quantitative estimate of drug-likeness (QED) is 0.674. The first-order valence-electron chi connectivity index (χ1n) is 9.04. The number of nitrogens with one attached hydrogen (secondary N) is 1. The van der Waals surface area contributed by atoms with Crippen molar-refractivity contribution >= 4 is 31.4 Å². The van der Waals surface area contributed by atoms with Gasteiger partial charge in [-0.3, -0.25) is 4.72 Å². The summed E-state index contributed by atoms with van der Waals surface area (Å²) in [5.41, 5.74) is 1.22. The van der Waals surface area contributed by atoms with E-state index in [1.165, 1.54) is 38.4 Å². The predicted octanol–water partition coefficient (Wildman–Crippen LogP) is 1.82. The normalized spacial score (nSPS) is 15.2. The number of ether oxygens (including phenoxy) is 1. The summed E-state index contributed by atoms with van der Waals surface area (Å²) < 4.78 is 58.9. The first-order valence-corrected chi connectivity index (χ1v) is 12.0. The molecule has 8 nitrogen and oxygen atoms in total. The number of para-hydroxylation sites is 2. The SMILES string of the molecule is CN(CC1COC1)c1ccccc1NS(=O)(=O)c1ccc(S(=O)(=O)N(C)C)cc1. The molecule has 1 saturated heterocycles. The van der Waals surface area contributed by atoms with E-state index in [0.29, 0.717) is 24.8 Å². The summed E-state index contributed by atoms with van der Waals surface area (Å²) in [5, 5.41) is 0. The van der Waals surface area contributed by atoms with Gasteiger partial charge in [0.15, 0.2) is 0 Å². The van der Waals surface area contributed by atoms with Gasteiger partial charge in [0.1, 0.15) is 0 Å². The third-order valence-corrected chi connectivity index (χ3v) is 7.92. The molecule has 158 valence electrons. The maximum atomic E-state index is 12.9. The molecule has 0 amide bonds. The Morgan fingerprint density at radius 3 is 2.07 bits per heavy atom. The molecule has 1 fully saturated rings. The van der Waals surface area contributed by atoms with Crippen molar-refractivity contribution in [2.45, 2.75) is 9.79 Å². The van der Waals surface area contributed by atoms with Crippen molar-refractivity contribution in [1.29, 1.82) is 0 Å². The summed E-state index contributed by atoms with van der Waals surface area (Å²) in [6.07, 6.45) is 0. The highest BCUT2D eigenvalue weighted by Gasteiger charge is 2.23. The highest BCUT2D eigenvalue weighted by Crippen LogP contribution is 2.29. The smallest absolute Gasteiger partial charge is 0.261 e. The van der Waals surface area contributed by atoms with Gasteiger partial charge in [-0.2, -0.15) is 0 Å². The molecule has 0 spiro atoms. The van der Waals surface area contributed by atoms with Crippen LogP contribution in [0.2, 0.25) is 0 Å². The van der Waals surface area contributed by atoms with Crippen LogP contribution in [0.15, 0.2) is 58.3 Å². The highest BCUT2D eigenvalue weighted by atomic mass is 32.2. The van der Waals surface area contributed by atoms with Crippen LogP contribution in [-0.4, -0.2) is 62.0 Å². The lowest BCUT2D eigenvalue weighted by Gasteiger charge is -2.32. The van der Waals surface area contributed by atoms with Crippen molar-refractivity contribution in [3.05, 3.63) is 48.5 Å². The average molecular weight is 440 g/mol. The summed E-state index contributed by atoms with van der Waals surface area (Å²) >= 11 is 0. The van der Waals surface area contributed by atoms with E-state index in [9.17, 15) is 16.8 Å². The van der Waals surface area contributed by atoms with E-state index in [1.54, 1.807) is 12.1 Å². The topological polar surface area (TPSA) is 96.0 Å². The number of rotatable bonds is 8. The van der Waals surface area contributed by atoms with Crippen molar-refractivity contribution in [3.8, 4) is 0 Å². The van der Waals surface area contributed by atoms with E-state index in [0.717, 1.165) is 16.5 Å². The molecule has 29 heavy (non-hydrogen) atoms. The van der Waals surface area contributed by atoms with Gasteiger partial charge in [-0.15, -0.1) is 0 Å². The molecule has 0 saturated carbocycles. The number of sulfonamides is 2. The van der Waals surface area contributed by atoms with Crippen LogP contribution in [0.3, 0.4) is 0 Å². The van der Waals surface area contributed by atoms with Crippen LogP contribution in [0.5, 0.6) is 0 Å². The van der Waals surface area contributed by atoms with Crippen LogP contribution in [0.4, 0.5) is 11.4 Å². The number of anilines is 2. The maximum absolute atomic E-state index is 12.9. The molecule has 0 atom stereocenters. The van der Waals surface area contributed by atoms with Gasteiger partial charge in [0.25, 0.3) is 10.0 Å². The van der Waals surface area contributed by atoms with Crippen LogP contribution < -0.4 is 9.62 Å². The van der Waals surface area contributed by atoms with Crippen LogP contribution in [0.25, 0.3) is 0 Å². The molecule has 1 aliphatic heterocycles. The third kappa shape index (κ3) is 4.72. The van der Waals surface area contributed by atoms with Crippen molar-refractivity contribution in [2.24, 2.45) is 5.92 Å². The summed E-state index contributed by atoms with van der Waals surface area (Å²) in [6, 6.07) is 12.3. The molecule has 0 radical (unpaired) electrons. The first-order chi connectivity index (χ1) is 13.6. The largest absolute Gasteiger partial charge is 0.381 e. The molecular formula is C19H25N3O5S2. The molecule has 0 aliphatic carbocycles. The number of hydrogen-bond acceptors (Lipinski definition) is 6. The molecule has 2 aromatic carbocycles. The monoisotopic (exact) mass is 439 g/mol. The highest BCUT2D eigenvalue weighted by molar-refractivity contribution is 7.92.